The molecule has 1 aromatic rings. The molecule has 2 rings (SSSR count). The maximum Gasteiger partial charge on any atom is 0.438 e. The van der Waals surface area contributed by atoms with Crippen LogP contribution in [0.1, 0.15) is 48.0 Å². The minimum absolute atomic E-state index is 0.355. The largest absolute Gasteiger partial charge is 0.438 e. The van der Waals surface area contributed by atoms with E-state index in [2.05, 4.69) is 4.74 Å². The number of carbonyl (C=O) groups excluding carboxylic acids is 2. The Morgan fingerprint density at radius 2 is 1.58 bits per heavy atom. The average Bonchev–Trinajstić information content (AvgIpc) is 2.65. The van der Waals surface area contributed by atoms with Crippen LogP contribution in [0.5, 0.6) is 5.75 Å². The fourth-order valence-corrected chi connectivity index (χ4v) is 4.25. The number of benzene rings is 1. The molecule has 1 aromatic carbocycles. The highest BCUT2D eigenvalue weighted by molar-refractivity contribution is 7.85. The number of ether oxygens (including phenoxy) is 2. The van der Waals surface area contributed by atoms with Gasteiger partial charge in [-0.1, -0.05) is 25.3 Å². The van der Waals surface area contributed by atoms with Gasteiger partial charge in [0.1, 0.15) is 17.1 Å². The van der Waals surface area contributed by atoms with Crippen molar-refractivity contribution in [1.82, 2.24) is 0 Å². The third-order valence-electron chi connectivity index (χ3n) is 5.07. The maximum atomic E-state index is 13.4. The van der Waals surface area contributed by atoms with E-state index in [1.807, 2.05) is 0 Å². The summed E-state index contributed by atoms with van der Waals surface area (Å²) >= 11 is 0. The Labute approximate surface area is 184 Å². The van der Waals surface area contributed by atoms with Gasteiger partial charge in [0.05, 0.1) is 5.92 Å². The number of esters is 2. The van der Waals surface area contributed by atoms with Crippen molar-refractivity contribution in [3.63, 3.8) is 0 Å². The molecule has 0 aromatic heterocycles. The van der Waals surface area contributed by atoms with Crippen molar-refractivity contribution in [2.75, 3.05) is 5.75 Å². The van der Waals surface area contributed by atoms with E-state index in [1.165, 1.54) is 6.92 Å². The normalized spacial score (nSPS) is 16.4. The second kappa shape index (κ2) is 9.49. The lowest BCUT2D eigenvalue weighted by molar-refractivity contribution is -0.356. The van der Waals surface area contributed by atoms with Crippen LogP contribution in [-0.2, 0) is 19.6 Å². The zero-order valence-corrected chi connectivity index (χ0v) is 17.9. The fraction of sp³-hybridized carbons (Fsp3) is 0.579. The van der Waals surface area contributed by atoms with Crippen molar-refractivity contribution < 1.29 is 58.4 Å². The topological polar surface area (TPSA) is 107 Å². The van der Waals surface area contributed by atoms with Crippen LogP contribution in [-0.4, -0.2) is 48.6 Å². The van der Waals surface area contributed by atoms with Gasteiger partial charge in [0.15, 0.2) is 0 Å². The molecule has 0 bridgehead atoms. The highest BCUT2D eigenvalue weighted by atomic mass is 32.2. The van der Waals surface area contributed by atoms with E-state index < -0.39 is 63.0 Å². The predicted octanol–water partition coefficient (Wildman–Crippen LogP) is 4.39. The number of aryl methyl sites for hydroxylation is 1. The molecular weight excluding hydrogens is 486 g/mol. The summed E-state index contributed by atoms with van der Waals surface area (Å²) < 4.78 is 120. The van der Waals surface area contributed by atoms with Gasteiger partial charge in [-0.3, -0.25) is 9.35 Å². The van der Waals surface area contributed by atoms with Crippen molar-refractivity contribution in [2.24, 2.45) is 5.92 Å². The van der Waals surface area contributed by atoms with Gasteiger partial charge < -0.3 is 9.47 Å². The molecule has 1 aliphatic rings. The summed E-state index contributed by atoms with van der Waals surface area (Å²) in [6, 6.07) is 2.97. The molecule has 0 spiro atoms. The number of rotatable bonds is 6. The molecule has 33 heavy (non-hydrogen) atoms. The summed E-state index contributed by atoms with van der Waals surface area (Å²) in [6.45, 7) is 1.46. The van der Waals surface area contributed by atoms with Crippen LogP contribution in [0, 0.1) is 12.8 Å². The Balaban J connectivity index is 2.47. The number of alkyl halides is 6. The quantitative estimate of drug-likeness (QED) is 0.264. The van der Waals surface area contributed by atoms with Gasteiger partial charge in [0.25, 0.3) is 10.1 Å². The number of hydrogen-bond donors (Lipinski definition) is 1. The second-order valence-corrected chi connectivity index (χ2v) is 9.15. The van der Waals surface area contributed by atoms with Crippen LogP contribution < -0.4 is 4.74 Å². The standard InChI is InChI=1S/C19H20F6O7S/c1-11-7-8-13(14(9-11)31-15(26)12-5-3-2-4-6-12)16(27)32-17(18(20,21)22,19(23,24)25)10-33(28,29)30/h7-9,12H,2-6,10H2,1H3,(H,28,29,30). The molecule has 0 aliphatic heterocycles. The Kier molecular flexibility index (Phi) is 7.73. The lowest BCUT2D eigenvalue weighted by Crippen LogP contribution is -2.63. The van der Waals surface area contributed by atoms with Crippen molar-refractivity contribution in [3.8, 4) is 5.75 Å². The van der Waals surface area contributed by atoms with Gasteiger partial charge in [0.2, 0.25) is 0 Å². The first-order valence-corrected chi connectivity index (χ1v) is 11.2. The molecule has 1 aliphatic carbocycles. The molecule has 0 unspecified atom stereocenters. The van der Waals surface area contributed by atoms with Gasteiger partial charge in [-0.25, -0.2) is 4.79 Å². The monoisotopic (exact) mass is 506 g/mol. The highest BCUT2D eigenvalue weighted by Crippen LogP contribution is 2.47. The summed E-state index contributed by atoms with van der Waals surface area (Å²) in [4.78, 5) is 24.8. The lowest BCUT2D eigenvalue weighted by Gasteiger charge is -2.35. The second-order valence-electron chi connectivity index (χ2n) is 7.69. The highest BCUT2D eigenvalue weighted by Gasteiger charge is 2.76. The molecule has 14 heteroatoms. The molecule has 0 heterocycles. The first-order chi connectivity index (χ1) is 15.0. The minimum atomic E-state index is -6.47. The van der Waals surface area contributed by atoms with E-state index >= 15 is 0 Å². The number of hydrogen-bond acceptors (Lipinski definition) is 6. The van der Waals surface area contributed by atoms with Crippen LogP contribution in [0.4, 0.5) is 26.3 Å². The first-order valence-electron chi connectivity index (χ1n) is 9.61. The Hall–Kier alpha value is -2.35. The average molecular weight is 506 g/mol. The Bertz CT molecular complexity index is 981. The van der Waals surface area contributed by atoms with E-state index in [9.17, 15) is 44.3 Å². The van der Waals surface area contributed by atoms with Crippen molar-refractivity contribution in [3.05, 3.63) is 29.3 Å². The molecular formula is C19H20F6O7S. The SMILES string of the molecule is Cc1ccc(C(=O)OC(CS(=O)(=O)O)(C(F)(F)F)C(F)(F)F)c(OC(=O)C2CCCCC2)c1. The summed E-state index contributed by atoms with van der Waals surface area (Å²) in [5, 5.41) is 0. The first kappa shape index (κ1) is 26.9. The number of carbonyl (C=O) groups is 2. The van der Waals surface area contributed by atoms with Crippen molar-refractivity contribution in [1.29, 1.82) is 0 Å². The van der Waals surface area contributed by atoms with Gasteiger partial charge in [-0.15, -0.1) is 0 Å². The lowest BCUT2D eigenvalue weighted by atomic mass is 9.89. The number of halogens is 6. The molecule has 1 saturated carbocycles. The third-order valence-corrected chi connectivity index (χ3v) is 5.85. The summed E-state index contributed by atoms with van der Waals surface area (Å²) in [5.74, 6) is -7.28. The summed E-state index contributed by atoms with van der Waals surface area (Å²) in [6.07, 6.45) is -9.69. The Morgan fingerprint density at radius 1 is 1.03 bits per heavy atom. The van der Waals surface area contributed by atoms with Crippen molar-refractivity contribution in [2.45, 2.75) is 57.0 Å². The van der Waals surface area contributed by atoms with E-state index in [-0.39, 0.29) is 0 Å². The Morgan fingerprint density at radius 3 is 2.06 bits per heavy atom. The molecule has 0 amide bonds. The molecule has 7 nitrogen and oxygen atoms in total. The van der Waals surface area contributed by atoms with Crippen LogP contribution in [0.15, 0.2) is 18.2 Å². The molecule has 1 fully saturated rings. The summed E-state index contributed by atoms with van der Waals surface area (Å²) in [7, 11) is -5.93. The molecule has 0 radical (unpaired) electrons. The van der Waals surface area contributed by atoms with Gasteiger partial charge in [0, 0.05) is 0 Å². The van der Waals surface area contributed by atoms with E-state index in [0.29, 0.717) is 18.4 Å². The third kappa shape index (κ3) is 6.37. The van der Waals surface area contributed by atoms with E-state index in [0.717, 1.165) is 37.5 Å². The smallest absolute Gasteiger partial charge is 0.434 e. The van der Waals surface area contributed by atoms with E-state index in [4.69, 9.17) is 9.29 Å². The maximum absolute atomic E-state index is 13.4. The fourth-order valence-electron chi connectivity index (χ4n) is 3.35. The zero-order chi connectivity index (χ0) is 25.2. The van der Waals surface area contributed by atoms with Crippen LogP contribution in [0.3, 0.4) is 0 Å². The van der Waals surface area contributed by atoms with Crippen LogP contribution in [0.25, 0.3) is 0 Å². The van der Waals surface area contributed by atoms with E-state index in [1.54, 1.807) is 0 Å². The minimum Gasteiger partial charge on any atom is -0.434 e. The van der Waals surface area contributed by atoms with Gasteiger partial charge >= 0.3 is 29.9 Å². The van der Waals surface area contributed by atoms with Gasteiger partial charge in [-0.2, -0.15) is 34.8 Å². The molecule has 0 saturated heterocycles. The predicted molar refractivity (Wildman–Crippen MR) is 100 cm³/mol. The zero-order valence-electron chi connectivity index (χ0n) is 17.1. The van der Waals surface area contributed by atoms with Crippen molar-refractivity contribution >= 4 is 22.1 Å². The van der Waals surface area contributed by atoms with Crippen LogP contribution >= 0.6 is 0 Å². The van der Waals surface area contributed by atoms with Gasteiger partial charge in [-0.05, 0) is 37.5 Å². The molecule has 1 N–H and O–H groups in total. The molecule has 0 atom stereocenters. The van der Waals surface area contributed by atoms with Crippen LogP contribution in [0.2, 0.25) is 0 Å². The molecule has 186 valence electrons. The summed E-state index contributed by atoms with van der Waals surface area (Å²) in [5.41, 5.74) is -6.17.